The quantitative estimate of drug-likeness (QED) is 0.527. The van der Waals surface area contributed by atoms with Gasteiger partial charge in [-0.2, -0.15) is 4.99 Å². The molecule has 1 aromatic rings. The standard InChI is InChI=1S/C23H33N5O4/c1-22(2,3)32-21(31)27-13-11-23(12-14-27)20(30)26(6)16-28(23)18-9-7-17(8-10-18)19(29)24-15-25(4)5/h7-10,15H,11-14,16H2,1-6H3/b24-15+. The summed E-state index contributed by atoms with van der Waals surface area (Å²) in [6.07, 6.45) is 2.16. The Morgan fingerprint density at radius 2 is 1.72 bits per heavy atom. The van der Waals surface area contributed by atoms with Crippen molar-refractivity contribution in [1.29, 1.82) is 0 Å². The van der Waals surface area contributed by atoms with Crippen molar-refractivity contribution >= 4 is 29.9 Å². The third-order valence-corrected chi connectivity index (χ3v) is 5.69. The van der Waals surface area contributed by atoms with E-state index in [2.05, 4.69) is 9.89 Å². The molecule has 2 aliphatic rings. The molecule has 1 aromatic carbocycles. The number of aliphatic imine (C=N–C) groups is 1. The van der Waals surface area contributed by atoms with Crippen molar-refractivity contribution in [3.05, 3.63) is 29.8 Å². The maximum absolute atomic E-state index is 13.2. The van der Waals surface area contributed by atoms with E-state index in [4.69, 9.17) is 4.74 Å². The van der Waals surface area contributed by atoms with E-state index in [9.17, 15) is 14.4 Å². The number of piperidine rings is 1. The second kappa shape index (κ2) is 8.80. The molecule has 0 aromatic heterocycles. The van der Waals surface area contributed by atoms with Gasteiger partial charge in [0.15, 0.2) is 0 Å². The van der Waals surface area contributed by atoms with Crippen LogP contribution in [0.5, 0.6) is 0 Å². The number of hydrogen-bond donors (Lipinski definition) is 0. The summed E-state index contributed by atoms with van der Waals surface area (Å²) >= 11 is 0. The van der Waals surface area contributed by atoms with Crippen molar-refractivity contribution < 1.29 is 19.1 Å². The number of benzene rings is 1. The molecule has 0 bridgehead atoms. The zero-order chi connectivity index (χ0) is 23.7. The number of amides is 3. The minimum atomic E-state index is -0.706. The van der Waals surface area contributed by atoms with Crippen LogP contribution in [0.4, 0.5) is 10.5 Å². The molecule has 32 heavy (non-hydrogen) atoms. The fourth-order valence-electron chi connectivity index (χ4n) is 4.11. The number of ether oxygens (including phenoxy) is 1. The number of rotatable bonds is 3. The molecule has 2 fully saturated rings. The van der Waals surface area contributed by atoms with Crippen LogP contribution in [-0.4, -0.2) is 91.0 Å². The van der Waals surface area contributed by atoms with Gasteiger partial charge in [0.05, 0.1) is 13.0 Å². The third kappa shape index (κ3) is 4.87. The van der Waals surface area contributed by atoms with E-state index in [0.717, 1.165) is 5.69 Å². The van der Waals surface area contributed by atoms with Crippen molar-refractivity contribution in [2.75, 3.05) is 45.8 Å². The number of hydrogen-bond acceptors (Lipinski definition) is 5. The summed E-state index contributed by atoms with van der Waals surface area (Å²) < 4.78 is 5.49. The van der Waals surface area contributed by atoms with Gasteiger partial charge in [-0.25, -0.2) is 4.79 Å². The number of nitrogens with zero attached hydrogens (tertiary/aromatic N) is 5. The lowest BCUT2D eigenvalue weighted by Gasteiger charge is -2.43. The first-order valence-electron chi connectivity index (χ1n) is 10.8. The molecular formula is C23H33N5O4. The van der Waals surface area contributed by atoms with E-state index in [-0.39, 0.29) is 17.9 Å². The van der Waals surface area contributed by atoms with Crippen LogP contribution >= 0.6 is 0 Å². The summed E-state index contributed by atoms with van der Waals surface area (Å²) in [5.41, 5.74) is 0.0836. The highest BCUT2D eigenvalue weighted by Gasteiger charge is 2.53. The number of likely N-dealkylation sites (N-methyl/N-ethyl adjacent to an activating group) is 1. The highest BCUT2D eigenvalue weighted by Crippen LogP contribution is 2.39. The van der Waals surface area contributed by atoms with Gasteiger partial charge in [0.25, 0.3) is 5.91 Å². The van der Waals surface area contributed by atoms with Crippen LogP contribution in [-0.2, 0) is 9.53 Å². The van der Waals surface area contributed by atoms with E-state index < -0.39 is 11.1 Å². The van der Waals surface area contributed by atoms with Gasteiger partial charge in [0, 0.05) is 45.5 Å². The molecular weight excluding hydrogens is 410 g/mol. The van der Waals surface area contributed by atoms with Crippen LogP contribution < -0.4 is 4.90 Å². The molecule has 0 saturated carbocycles. The van der Waals surface area contributed by atoms with E-state index in [1.165, 1.54) is 6.34 Å². The van der Waals surface area contributed by atoms with Gasteiger partial charge in [0.2, 0.25) is 5.91 Å². The predicted molar refractivity (Wildman–Crippen MR) is 123 cm³/mol. The molecule has 9 nitrogen and oxygen atoms in total. The highest BCUT2D eigenvalue weighted by atomic mass is 16.6. The summed E-state index contributed by atoms with van der Waals surface area (Å²) in [4.78, 5) is 48.9. The molecule has 2 heterocycles. The van der Waals surface area contributed by atoms with Crippen molar-refractivity contribution in [1.82, 2.24) is 14.7 Å². The van der Waals surface area contributed by atoms with E-state index in [1.807, 2.05) is 32.9 Å². The maximum atomic E-state index is 13.2. The molecule has 0 aliphatic carbocycles. The van der Waals surface area contributed by atoms with Crippen LogP contribution in [0.15, 0.2) is 29.3 Å². The Labute approximate surface area is 189 Å². The van der Waals surface area contributed by atoms with Gasteiger partial charge in [-0.3, -0.25) is 9.59 Å². The SMILES string of the molecule is CN(C)/C=N/C(=O)c1ccc(N2CN(C)C(=O)C23CCN(C(=O)OC(C)(C)C)CC3)cc1. The van der Waals surface area contributed by atoms with Crippen LogP contribution in [0, 0.1) is 0 Å². The van der Waals surface area contributed by atoms with Crippen LogP contribution in [0.1, 0.15) is 44.0 Å². The monoisotopic (exact) mass is 443 g/mol. The Kier molecular flexibility index (Phi) is 6.48. The lowest BCUT2D eigenvalue weighted by Crippen LogP contribution is -2.57. The van der Waals surface area contributed by atoms with Gasteiger partial charge in [0.1, 0.15) is 11.1 Å². The molecule has 9 heteroatoms. The second-order valence-corrected chi connectivity index (χ2v) is 9.63. The fraction of sp³-hybridized carbons (Fsp3) is 0.565. The van der Waals surface area contributed by atoms with E-state index in [1.54, 1.807) is 48.0 Å². The number of carbonyl (C=O) groups is 3. The molecule has 0 radical (unpaired) electrons. The summed E-state index contributed by atoms with van der Waals surface area (Å²) in [5, 5.41) is 0. The van der Waals surface area contributed by atoms with E-state index >= 15 is 0 Å². The zero-order valence-electron chi connectivity index (χ0n) is 19.8. The smallest absolute Gasteiger partial charge is 0.410 e. The average molecular weight is 444 g/mol. The molecule has 0 N–H and O–H groups in total. The Morgan fingerprint density at radius 3 is 2.25 bits per heavy atom. The topological polar surface area (TPSA) is 85.8 Å². The molecule has 174 valence electrons. The minimum absolute atomic E-state index is 0.0528. The fourth-order valence-corrected chi connectivity index (χ4v) is 4.11. The molecule has 3 amide bonds. The van der Waals surface area contributed by atoms with Crippen LogP contribution in [0.2, 0.25) is 0 Å². The average Bonchev–Trinajstić information content (AvgIpc) is 2.96. The molecule has 0 unspecified atom stereocenters. The largest absolute Gasteiger partial charge is 0.444 e. The number of carbonyl (C=O) groups excluding carboxylic acids is 3. The Hall–Kier alpha value is -3.10. The zero-order valence-corrected chi connectivity index (χ0v) is 19.8. The summed E-state index contributed by atoms with van der Waals surface area (Å²) in [6.45, 7) is 6.87. The first-order chi connectivity index (χ1) is 14.9. The first-order valence-corrected chi connectivity index (χ1v) is 10.8. The van der Waals surface area contributed by atoms with Gasteiger partial charge in [-0.1, -0.05) is 0 Å². The van der Waals surface area contributed by atoms with E-state index in [0.29, 0.717) is 38.2 Å². The molecule has 2 aliphatic heterocycles. The first kappa shape index (κ1) is 23.6. The van der Waals surface area contributed by atoms with Crippen LogP contribution in [0.25, 0.3) is 0 Å². The van der Waals surface area contributed by atoms with Gasteiger partial charge in [-0.05, 0) is 57.9 Å². The summed E-state index contributed by atoms with van der Waals surface area (Å²) in [6, 6.07) is 7.17. The second-order valence-electron chi connectivity index (χ2n) is 9.63. The Bertz CT molecular complexity index is 896. The lowest BCUT2D eigenvalue weighted by atomic mass is 9.85. The van der Waals surface area contributed by atoms with Crippen molar-refractivity contribution in [2.45, 2.75) is 44.8 Å². The predicted octanol–water partition coefficient (Wildman–Crippen LogP) is 2.42. The summed E-state index contributed by atoms with van der Waals surface area (Å²) in [5.74, 6) is -0.266. The molecule has 3 rings (SSSR count). The summed E-state index contributed by atoms with van der Waals surface area (Å²) in [7, 11) is 5.39. The van der Waals surface area contributed by atoms with Crippen molar-refractivity contribution in [3.63, 3.8) is 0 Å². The molecule has 2 saturated heterocycles. The minimum Gasteiger partial charge on any atom is -0.444 e. The van der Waals surface area contributed by atoms with Crippen molar-refractivity contribution in [2.24, 2.45) is 4.99 Å². The number of anilines is 1. The molecule has 1 spiro atoms. The Balaban J connectivity index is 1.77. The van der Waals surface area contributed by atoms with Crippen LogP contribution in [0.3, 0.4) is 0 Å². The maximum Gasteiger partial charge on any atom is 0.410 e. The van der Waals surface area contributed by atoms with Gasteiger partial charge < -0.3 is 24.3 Å². The number of likely N-dealkylation sites (tertiary alicyclic amines) is 1. The highest BCUT2D eigenvalue weighted by molar-refractivity contribution is 5.99. The molecule has 0 atom stereocenters. The lowest BCUT2D eigenvalue weighted by molar-refractivity contribution is -0.132. The van der Waals surface area contributed by atoms with Gasteiger partial charge in [-0.15, -0.1) is 0 Å². The third-order valence-electron chi connectivity index (χ3n) is 5.69. The normalized spacial score (nSPS) is 18.6. The Morgan fingerprint density at radius 1 is 1.12 bits per heavy atom. The van der Waals surface area contributed by atoms with Crippen molar-refractivity contribution in [3.8, 4) is 0 Å². The van der Waals surface area contributed by atoms with Gasteiger partial charge >= 0.3 is 6.09 Å².